The van der Waals surface area contributed by atoms with Crippen molar-refractivity contribution in [2.45, 2.75) is 39.3 Å². The number of aromatic nitrogens is 1. The van der Waals surface area contributed by atoms with Gasteiger partial charge in [0.2, 0.25) is 6.79 Å². The summed E-state index contributed by atoms with van der Waals surface area (Å²) in [5, 5.41) is 13.5. The number of benzene rings is 3. The van der Waals surface area contributed by atoms with Gasteiger partial charge in [0.15, 0.2) is 11.5 Å². The van der Waals surface area contributed by atoms with Gasteiger partial charge < -0.3 is 24.1 Å². The van der Waals surface area contributed by atoms with E-state index < -0.39 is 5.91 Å². The maximum atomic E-state index is 12.9. The first kappa shape index (κ1) is 25.9. The number of hydrogen-bond acceptors (Lipinski definition) is 5. The third-order valence-electron chi connectivity index (χ3n) is 6.70. The fourth-order valence-electron chi connectivity index (χ4n) is 4.52. The highest BCUT2D eigenvalue weighted by molar-refractivity contribution is 6.04. The molecule has 1 aliphatic rings. The number of para-hydroxylation sites is 1. The Morgan fingerprint density at radius 3 is 2.62 bits per heavy atom. The minimum atomic E-state index is -0.436. The summed E-state index contributed by atoms with van der Waals surface area (Å²) in [5.74, 6) is 1.72. The van der Waals surface area contributed by atoms with E-state index in [4.69, 9.17) is 14.2 Å². The van der Waals surface area contributed by atoms with Gasteiger partial charge in [0, 0.05) is 29.2 Å². The molecule has 198 valence electrons. The average Bonchev–Trinajstić information content (AvgIpc) is 3.54. The minimum Gasteiger partial charge on any atom is -0.492 e. The first-order valence-electron chi connectivity index (χ1n) is 12.9. The van der Waals surface area contributed by atoms with Crippen molar-refractivity contribution in [2.24, 2.45) is 0 Å². The van der Waals surface area contributed by atoms with Gasteiger partial charge in [-0.3, -0.25) is 4.79 Å². The van der Waals surface area contributed by atoms with Crippen LogP contribution in [0.25, 0.3) is 17.0 Å². The second-order valence-corrected chi connectivity index (χ2v) is 10.5. The Morgan fingerprint density at radius 2 is 1.85 bits per heavy atom. The fourth-order valence-corrected chi connectivity index (χ4v) is 4.52. The molecule has 2 heterocycles. The van der Waals surface area contributed by atoms with Crippen LogP contribution < -0.4 is 19.5 Å². The number of rotatable bonds is 8. The summed E-state index contributed by atoms with van der Waals surface area (Å²) in [5.41, 5.74) is 4.06. The topological polar surface area (TPSA) is 85.5 Å². The zero-order chi connectivity index (χ0) is 27.4. The van der Waals surface area contributed by atoms with E-state index in [0.29, 0.717) is 24.7 Å². The lowest BCUT2D eigenvalue weighted by Gasteiger charge is -2.19. The molecule has 0 fully saturated rings. The molecular weight excluding hydrogens is 490 g/mol. The lowest BCUT2D eigenvalue weighted by molar-refractivity contribution is -0.117. The van der Waals surface area contributed by atoms with E-state index in [0.717, 1.165) is 27.8 Å². The summed E-state index contributed by atoms with van der Waals surface area (Å²) >= 11 is 0. The molecule has 0 spiro atoms. The Labute approximate surface area is 228 Å². The predicted octanol–water partition coefficient (Wildman–Crippen LogP) is 5.97. The Hall–Kier alpha value is -4.70. The third kappa shape index (κ3) is 5.91. The molecule has 0 saturated carbocycles. The lowest BCUT2D eigenvalue weighted by Crippen LogP contribution is -2.23. The number of ether oxygens (including phenoxy) is 3. The summed E-state index contributed by atoms with van der Waals surface area (Å²) in [4.78, 5) is 12.9. The Morgan fingerprint density at radius 1 is 1.08 bits per heavy atom. The van der Waals surface area contributed by atoms with Crippen LogP contribution in [0.1, 0.15) is 37.5 Å². The standard InChI is InChI=1S/C32H31N3O4/c1-32(2,3)25-9-11-26(12-10-25)37-15-14-35-20-24(27-6-4-5-7-28(27)35)17-23(18-33)31(36)34-19-22-8-13-29-30(16-22)39-21-38-29/h4-13,16-17,20H,14-15,19,21H2,1-3H3,(H,34,36)/b23-17+. The molecule has 5 rings (SSSR count). The summed E-state index contributed by atoms with van der Waals surface area (Å²) in [6.45, 7) is 8.12. The van der Waals surface area contributed by atoms with Gasteiger partial charge in [0.25, 0.3) is 5.91 Å². The van der Waals surface area contributed by atoms with Crippen molar-refractivity contribution in [1.29, 1.82) is 5.26 Å². The largest absolute Gasteiger partial charge is 0.492 e. The maximum Gasteiger partial charge on any atom is 0.262 e. The van der Waals surface area contributed by atoms with Crippen LogP contribution in [-0.4, -0.2) is 23.9 Å². The molecule has 0 unspecified atom stereocenters. The molecule has 0 aliphatic carbocycles. The highest BCUT2D eigenvalue weighted by Gasteiger charge is 2.16. The molecule has 7 nitrogen and oxygen atoms in total. The van der Waals surface area contributed by atoms with Gasteiger partial charge in [-0.05, 0) is 52.9 Å². The number of fused-ring (bicyclic) bond motifs is 2. The smallest absolute Gasteiger partial charge is 0.262 e. The molecule has 0 atom stereocenters. The molecule has 1 N–H and O–H groups in total. The van der Waals surface area contributed by atoms with E-state index in [9.17, 15) is 10.1 Å². The van der Waals surface area contributed by atoms with Crippen molar-refractivity contribution >= 4 is 22.9 Å². The SMILES string of the molecule is CC(C)(C)c1ccc(OCCn2cc(/C=C(\C#N)C(=O)NCc3ccc4c(c3)OCO4)c3ccccc32)cc1. The van der Waals surface area contributed by atoms with Crippen LogP contribution in [0.3, 0.4) is 0 Å². The minimum absolute atomic E-state index is 0.0360. The highest BCUT2D eigenvalue weighted by Crippen LogP contribution is 2.32. The van der Waals surface area contributed by atoms with E-state index in [1.165, 1.54) is 5.56 Å². The summed E-state index contributed by atoms with van der Waals surface area (Å²) in [6, 6.07) is 23.7. The second-order valence-electron chi connectivity index (χ2n) is 10.5. The molecule has 1 aromatic heterocycles. The Balaban J connectivity index is 1.27. The predicted molar refractivity (Wildman–Crippen MR) is 151 cm³/mol. The van der Waals surface area contributed by atoms with E-state index in [-0.39, 0.29) is 24.3 Å². The summed E-state index contributed by atoms with van der Waals surface area (Å²) in [6.07, 6.45) is 3.60. The van der Waals surface area contributed by atoms with Gasteiger partial charge in [-0.2, -0.15) is 5.26 Å². The lowest BCUT2D eigenvalue weighted by atomic mass is 9.87. The average molecular weight is 522 g/mol. The van der Waals surface area contributed by atoms with E-state index in [2.05, 4.69) is 48.9 Å². The number of nitrogens with zero attached hydrogens (tertiary/aromatic N) is 2. The molecular formula is C32H31N3O4. The van der Waals surface area contributed by atoms with Gasteiger partial charge in [-0.25, -0.2) is 0 Å². The fraction of sp³-hybridized carbons (Fsp3) is 0.250. The molecule has 3 aromatic carbocycles. The summed E-state index contributed by atoms with van der Waals surface area (Å²) in [7, 11) is 0. The van der Waals surface area contributed by atoms with Crippen LogP contribution in [0.4, 0.5) is 0 Å². The van der Waals surface area contributed by atoms with Gasteiger partial charge in [0.1, 0.15) is 24.0 Å². The number of nitriles is 1. The molecule has 0 bridgehead atoms. The molecule has 0 radical (unpaired) electrons. The number of amides is 1. The van der Waals surface area contributed by atoms with Crippen molar-refractivity contribution in [2.75, 3.05) is 13.4 Å². The van der Waals surface area contributed by atoms with Crippen LogP contribution in [0.15, 0.2) is 78.5 Å². The van der Waals surface area contributed by atoms with E-state index in [1.807, 2.05) is 60.8 Å². The zero-order valence-electron chi connectivity index (χ0n) is 22.4. The molecule has 0 saturated heterocycles. The van der Waals surface area contributed by atoms with Crippen molar-refractivity contribution in [1.82, 2.24) is 9.88 Å². The van der Waals surface area contributed by atoms with Gasteiger partial charge in [-0.1, -0.05) is 57.2 Å². The van der Waals surface area contributed by atoms with E-state index >= 15 is 0 Å². The van der Waals surface area contributed by atoms with Crippen molar-refractivity contribution < 1.29 is 19.0 Å². The quantitative estimate of drug-likeness (QED) is 0.228. The highest BCUT2D eigenvalue weighted by atomic mass is 16.7. The van der Waals surface area contributed by atoms with Gasteiger partial charge >= 0.3 is 0 Å². The van der Waals surface area contributed by atoms with Gasteiger partial charge in [-0.15, -0.1) is 0 Å². The number of carbonyl (C=O) groups excluding carboxylic acids is 1. The molecule has 1 aliphatic heterocycles. The first-order valence-corrected chi connectivity index (χ1v) is 12.9. The molecule has 1 amide bonds. The second kappa shape index (κ2) is 11.0. The number of carbonyl (C=O) groups is 1. The van der Waals surface area contributed by atoms with Crippen LogP contribution in [0.2, 0.25) is 0 Å². The summed E-state index contributed by atoms with van der Waals surface area (Å²) < 4.78 is 18.8. The van der Waals surface area contributed by atoms with Crippen LogP contribution in [-0.2, 0) is 23.3 Å². The Kier molecular flexibility index (Phi) is 7.29. The van der Waals surface area contributed by atoms with Crippen LogP contribution in [0.5, 0.6) is 17.2 Å². The van der Waals surface area contributed by atoms with Gasteiger partial charge in [0.05, 0.1) is 6.54 Å². The van der Waals surface area contributed by atoms with Crippen molar-refractivity contribution in [3.63, 3.8) is 0 Å². The van der Waals surface area contributed by atoms with Crippen molar-refractivity contribution in [3.05, 3.63) is 95.2 Å². The number of hydrogen-bond donors (Lipinski definition) is 1. The maximum absolute atomic E-state index is 12.9. The van der Waals surface area contributed by atoms with Crippen LogP contribution >= 0.6 is 0 Å². The molecule has 7 heteroatoms. The number of nitrogens with one attached hydrogen (secondary N) is 1. The zero-order valence-corrected chi connectivity index (χ0v) is 22.4. The third-order valence-corrected chi connectivity index (χ3v) is 6.70. The van der Waals surface area contributed by atoms with Crippen molar-refractivity contribution in [3.8, 4) is 23.3 Å². The molecule has 4 aromatic rings. The first-order chi connectivity index (χ1) is 18.8. The van der Waals surface area contributed by atoms with Crippen LogP contribution in [0, 0.1) is 11.3 Å². The Bertz CT molecular complexity index is 1570. The molecule has 39 heavy (non-hydrogen) atoms. The monoisotopic (exact) mass is 521 g/mol. The normalized spacial score (nSPS) is 12.8. The van der Waals surface area contributed by atoms with E-state index in [1.54, 1.807) is 6.08 Å².